The number of nitrogens with one attached hydrogen (secondary N) is 1. The van der Waals surface area contributed by atoms with Gasteiger partial charge >= 0.3 is 0 Å². The van der Waals surface area contributed by atoms with Crippen molar-refractivity contribution in [2.75, 3.05) is 26.3 Å². The first-order chi connectivity index (χ1) is 10.9. The Balaban J connectivity index is 0.00000192. The summed E-state index contributed by atoms with van der Waals surface area (Å²) in [6.45, 7) is 5.37. The second-order valence-corrected chi connectivity index (χ2v) is 5.61. The first kappa shape index (κ1) is 17.8. The number of hydrogen-bond donors (Lipinski definition) is 1. The number of halogens is 1. The summed E-state index contributed by atoms with van der Waals surface area (Å²) in [4.78, 5) is 9.06. The molecule has 1 aliphatic heterocycles. The summed E-state index contributed by atoms with van der Waals surface area (Å²) in [7, 11) is 0. The average molecular weight is 338 g/mol. The van der Waals surface area contributed by atoms with Gasteiger partial charge in [-0.15, -0.1) is 12.4 Å². The van der Waals surface area contributed by atoms with E-state index in [1.807, 2.05) is 31.2 Å². The van der Waals surface area contributed by atoms with Crippen LogP contribution in [-0.2, 0) is 0 Å². The van der Waals surface area contributed by atoms with Crippen LogP contribution in [0.1, 0.15) is 26.2 Å². The largest absolute Gasteiger partial charge is 0.474 e. The lowest BCUT2D eigenvalue weighted by atomic mass is 9.97. The van der Waals surface area contributed by atoms with E-state index in [0.29, 0.717) is 30.9 Å². The van der Waals surface area contributed by atoms with Gasteiger partial charge in [0.2, 0.25) is 0 Å². The van der Waals surface area contributed by atoms with Gasteiger partial charge in [-0.3, -0.25) is 0 Å². The van der Waals surface area contributed by atoms with Crippen LogP contribution >= 0.6 is 12.4 Å². The Kier molecular flexibility index (Phi) is 6.86. The van der Waals surface area contributed by atoms with Crippen LogP contribution in [0.3, 0.4) is 0 Å². The van der Waals surface area contributed by atoms with E-state index in [2.05, 4.69) is 15.3 Å². The minimum Gasteiger partial charge on any atom is -0.474 e. The summed E-state index contributed by atoms with van der Waals surface area (Å²) in [6.07, 6.45) is 3.57. The molecule has 1 atom stereocenters. The van der Waals surface area contributed by atoms with E-state index < -0.39 is 0 Å². The van der Waals surface area contributed by atoms with Gasteiger partial charge in [-0.25, -0.2) is 9.97 Å². The predicted molar refractivity (Wildman–Crippen MR) is 93.7 cm³/mol. The molecule has 0 radical (unpaired) electrons. The molecule has 1 aliphatic rings. The standard InChI is InChI=1S/C17H23N3O2.ClH/c1-2-21-16-17(20-15-8-4-3-7-14(15)19-16)22-11-9-13-6-5-10-18-12-13;/h3-4,7-8,13,18H,2,5-6,9-12H2,1H3;1H. The molecule has 0 bridgehead atoms. The van der Waals surface area contributed by atoms with E-state index in [1.54, 1.807) is 0 Å². The van der Waals surface area contributed by atoms with Gasteiger partial charge in [0.1, 0.15) is 0 Å². The molecule has 2 aromatic rings. The summed E-state index contributed by atoms with van der Waals surface area (Å²) in [5.41, 5.74) is 1.66. The number of fused-ring (bicyclic) bond motifs is 1. The molecule has 1 unspecified atom stereocenters. The molecule has 0 spiro atoms. The number of hydrogen-bond acceptors (Lipinski definition) is 5. The summed E-state index contributed by atoms with van der Waals surface area (Å²) in [6, 6.07) is 7.77. The normalized spacial score (nSPS) is 17.5. The maximum Gasteiger partial charge on any atom is 0.278 e. The van der Waals surface area contributed by atoms with E-state index in [0.717, 1.165) is 30.5 Å². The molecule has 5 nitrogen and oxygen atoms in total. The summed E-state index contributed by atoms with van der Waals surface area (Å²) < 4.78 is 11.5. The number of para-hydroxylation sites is 2. The van der Waals surface area contributed by atoms with Crippen molar-refractivity contribution < 1.29 is 9.47 Å². The summed E-state index contributed by atoms with van der Waals surface area (Å²) in [5, 5.41) is 3.43. The summed E-state index contributed by atoms with van der Waals surface area (Å²) in [5.74, 6) is 1.69. The van der Waals surface area contributed by atoms with Crippen LogP contribution in [0.15, 0.2) is 24.3 Å². The van der Waals surface area contributed by atoms with E-state index in [4.69, 9.17) is 9.47 Å². The maximum atomic E-state index is 5.87. The van der Waals surface area contributed by atoms with Crippen molar-refractivity contribution >= 4 is 23.4 Å². The fraction of sp³-hybridized carbons (Fsp3) is 0.529. The average Bonchev–Trinajstić information content (AvgIpc) is 2.56. The molecule has 1 saturated heterocycles. The van der Waals surface area contributed by atoms with Gasteiger partial charge in [-0.05, 0) is 57.3 Å². The Labute approximate surface area is 143 Å². The Morgan fingerprint density at radius 1 is 1.13 bits per heavy atom. The van der Waals surface area contributed by atoms with Gasteiger partial charge < -0.3 is 14.8 Å². The van der Waals surface area contributed by atoms with Gasteiger partial charge in [-0.1, -0.05) is 12.1 Å². The zero-order valence-corrected chi connectivity index (χ0v) is 14.3. The van der Waals surface area contributed by atoms with Crippen LogP contribution in [0.4, 0.5) is 0 Å². The van der Waals surface area contributed by atoms with Crippen LogP contribution in [0.5, 0.6) is 11.8 Å². The minimum atomic E-state index is 0. The van der Waals surface area contributed by atoms with Crippen LogP contribution < -0.4 is 14.8 Å². The van der Waals surface area contributed by atoms with Crippen molar-refractivity contribution in [3.8, 4) is 11.8 Å². The highest BCUT2D eigenvalue weighted by atomic mass is 35.5. The SMILES string of the molecule is CCOc1nc2ccccc2nc1OCCC1CCCNC1.Cl. The topological polar surface area (TPSA) is 56.3 Å². The Hall–Kier alpha value is -1.59. The highest BCUT2D eigenvalue weighted by Gasteiger charge is 2.15. The molecule has 1 aromatic carbocycles. The van der Waals surface area contributed by atoms with Gasteiger partial charge in [0.15, 0.2) is 0 Å². The minimum absolute atomic E-state index is 0. The fourth-order valence-corrected chi connectivity index (χ4v) is 2.79. The first-order valence-electron chi connectivity index (χ1n) is 8.10. The third-order valence-corrected chi connectivity index (χ3v) is 3.95. The zero-order chi connectivity index (χ0) is 15.2. The van der Waals surface area contributed by atoms with Crippen molar-refractivity contribution in [2.24, 2.45) is 5.92 Å². The maximum absolute atomic E-state index is 5.87. The molecule has 1 aromatic heterocycles. The number of nitrogens with zero attached hydrogens (tertiary/aromatic N) is 2. The molecular formula is C17H24ClN3O2. The second-order valence-electron chi connectivity index (χ2n) is 5.61. The quantitative estimate of drug-likeness (QED) is 0.877. The Morgan fingerprint density at radius 3 is 2.43 bits per heavy atom. The van der Waals surface area contributed by atoms with E-state index in [-0.39, 0.29) is 12.4 Å². The van der Waals surface area contributed by atoms with Crippen LogP contribution in [0.2, 0.25) is 0 Å². The molecule has 2 heterocycles. The first-order valence-corrected chi connectivity index (χ1v) is 8.10. The Morgan fingerprint density at radius 2 is 1.83 bits per heavy atom. The molecule has 1 N–H and O–H groups in total. The Bertz CT molecular complexity index is 618. The lowest BCUT2D eigenvalue weighted by Crippen LogP contribution is -2.30. The number of ether oxygens (including phenoxy) is 2. The van der Waals surface area contributed by atoms with Crippen LogP contribution in [-0.4, -0.2) is 36.3 Å². The van der Waals surface area contributed by atoms with Crippen molar-refractivity contribution in [1.29, 1.82) is 0 Å². The van der Waals surface area contributed by atoms with E-state index in [1.165, 1.54) is 12.8 Å². The summed E-state index contributed by atoms with van der Waals surface area (Å²) >= 11 is 0. The smallest absolute Gasteiger partial charge is 0.278 e. The van der Waals surface area contributed by atoms with E-state index >= 15 is 0 Å². The lowest BCUT2D eigenvalue weighted by molar-refractivity contribution is 0.229. The van der Waals surface area contributed by atoms with Crippen LogP contribution in [0, 0.1) is 5.92 Å². The molecule has 3 rings (SSSR count). The molecule has 0 aliphatic carbocycles. The number of piperidine rings is 1. The molecule has 6 heteroatoms. The van der Waals surface area contributed by atoms with E-state index in [9.17, 15) is 0 Å². The van der Waals surface area contributed by atoms with Gasteiger partial charge in [0.25, 0.3) is 11.8 Å². The number of benzene rings is 1. The third-order valence-electron chi connectivity index (χ3n) is 3.95. The highest BCUT2D eigenvalue weighted by Crippen LogP contribution is 2.26. The number of aromatic nitrogens is 2. The molecule has 1 fully saturated rings. The van der Waals surface area contributed by atoms with Crippen molar-refractivity contribution in [3.05, 3.63) is 24.3 Å². The number of rotatable bonds is 6. The molecular weight excluding hydrogens is 314 g/mol. The van der Waals surface area contributed by atoms with Crippen molar-refractivity contribution in [2.45, 2.75) is 26.2 Å². The molecule has 126 valence electrons. The molecule has 0 amide bonds. The predicted octanol–water partition coefficient (Wildman–Crippen LogP) is 3.22. The van der Waals surface area contributed by atoms with Gasteiger partial charge in [-0.2, -0.15) is 0 Å². The van der Waals surface area contributed by atoms with Crippen molar-refractivity contribution in [1.82, 2.24) is 15.3 Å². The fourth-order valence-electron chi connectivity index (χ4n) is 2.79. The van der Waals surface area contributed by atoms with Gasteiger partial charge in [0.05, 0.1) is 24.2 Å². The lowest BCUT2D eigenvalue weighted by Gasteiger charge is -2.22. The third kappa shape index (κ3) is 4.69. The monoisotopic (exact) mass is 337 g/mol. The van der Waals surface area contributed by atoms with Gasteiger partial charge in [0, 0.05) is 0 Å². The molecule has 23 heavy (non-hydrogen) atoms. The second kappa shape index (κ2) is 8.89. The molecule has 0 saturated carbocycles. The van der Waals surface area contributed by atoms with Crippen molar-refractivity contribution in [3.63, 3.8) is 0 Å². The van der Waals surface area contributed by atoms with Crippen LogP contribution in [0.25, 0.3) is 11.0 Å². The zero-order valence-electron chi connectivity index (χ0n) is 13.5. The highest BCUT2D eigenvalue weighted by molar-refractivity contribution is 5.85.